The molecule has 0 aliphatic heterocycles. The second kappa shape index (κ2) is 9.59. The number of para-hydroxylation sites is 2. The third-order valence-corrected chi connectivity index (χ3v) is 5.72. The van der Waals surface area contributed by atoms with Gasteiger partial charge in [0.05, 0.1) is 18.4 Å². The molecular weight excluding hydrogens is 412 g/mol. The number of amides is 1. The molecule has 31 heavy (non-hydrogen) atoms. The van der Waals surface area contributed by atoms with Crippen molar-refractivity contribution >= 4 is 27.5 Å². The number of benzene rings is 3. The molecule has 7 heteroatoms. The number of ether oxygens (including phenoxy) is 3. The second-order valence-electron chi connectivity index (χ2n) is 6.69. The molecule has 4 aromatic rings. The van der Waals surface area contributed by atoms with E-state index >= 15 is 0 Å². The predicted octanol–water partition coefficient (Wildman–Crippen LogP) is 4.89. The van der Waals surface area contributed by atoms with Gasteiger partial charge in [0.2, 0.25) is 0 Å². The normalized spacial score (nSPS) is 11.6. The molecule has 1 aromatic heterocycles. The van der Waals surface area contributed by atoms with Crippen molar-refractivity contribution in [3.05, 3.63) is 83.2 Å². The van der Waals surface area contributed by atoms with Gasteiger partial charge in [-0.15, -0.1) is 0 Å². The summed E-state index contributed by atoms with van der Waals surface area (Å²) in [5.41, 5.74) is 1.40. The van der Waals surface area contributed by atoms with Gasteiger partial charge in [0, 0.05) is 19.2 Å². The molecular formula is C24H22N2O4S. The molecule has 1 heterocycles. The SMILES string of the molecule is COCCn1c(=NC(=O)c2ccc(Oc3ccccc3)cc2)sc2cccc(OC)c21. The van der Waals surface area contributed by atoms with E-state index in [2.05, 4.69) is 4.99 Å². The molecule has 1 amide bonds. The second-order valence-corrected chi connectivity index (χ2v) is 7.70. The Labute approximate surface area is 184 Å². The van der Waals surface area contributed by atoms with Crippen LogP contribution in [-0.2, 0) is 11.3 Å². The van der Waals surface area contributed by atoms with E-state index < -0.39 is 0 Å². The molecule has 0 N–H and O–H groups in total. The van der Waals surface area contributed by atoms with Crippen molar-refractivity contribution < 1.29 is 19.0 Å². The highest BCUT2D eigenvalue weighted by molar-refractivity contribution is 7.16. The molecule has 0 bridgehead atoms. The molecule has 0 aliphatic rings. The Hall–Kier alpha value is -3.42. The largest absolute Gasteiger partial charge is 0.495 e. The van der Waals surface area contributed by atoms with Gasteiger partial charge in [-0.05, 0) is 48.5 Å². The van der Waals surface area contributed by atoms with E-state index in [1.165, 1.54) is 11.3 Å². The molecule has 0 radical (unpaired) electrons. The van der Waals surface area contributed by atoms with Crippen LogP contribution in [-0.4, -0.2) is 31.3 Å². The zero-order chi connectivity index (χ0) is 21.6. The number of carbonyl (C=O) groups excluding carboxylic acids is 1. The van der Waals surface area contributed by atoms with Crippen LogP contribution in [0.1, 0.15) is 10.4 Å². The monoisotopic (exact) mass is 434 g/mol. The van der Waals surface area contributed by atoms with Gasteiger partial charge in [-0.25, -0.2) is 0 Å². The highest BCUT2D eigenvalue weighted by Crippen LogP contribution is 2.27. The fraction of sp³-hybridized carbons (Fsp3) is 0.167. The fourth-order valence-electron chi connectivity index (χ4n) is 3.18. The van der Waals surface area contributed by atoms with E-state index in [4.69, 9.17) is 14.2 Å². The first-order chi connectivity index (χ1) is 15.2. The number of aromatic nitrogens is 1. The Kier molecular flexibility index (Phi) is 6.45. The van der Waals surface area contributed by atoms with Gasteiger partial charge in [0.25, 0.3) is 5.91 Å². The third-order valence-electron chi connectivity index (χ3n) is 4.68. The van der Waals surface area contributed by atoms with E-state index in [0.717, 1.165) is 21.7 Å². The number of rotatable bonds is 7. The molecule has 0 atom stereocenters. The van der Waals surface area contributed by atoms with E-state index in [-0.39, 0.29) is 5.91 Å². The van der Waals surface area contributed by atoms with Crippen LogP contribution < -0.4 is 14.3 Å². The summed E-state index contributed by atoms with van der Waals surface area (Å²) < 4.78 is 19.5. The summed E-state index contributed by atoms with van der Waals surface area (Å²) in [7, 11) is 3.28. The van der Waals surface area contributed by atoms with E-state index in [1.54, 1.807) is 38.5 Å². The van der Waals surface area contributed by atoms with Crippen molar-refractivity contribution in [3.8, 4) is 17.2 Å². The summed E-state index contributed by atoms with van der Waals surface area (Å²) in [6.07, 6.45) is 0. The molecule has 4 rings (SSSR count). The van der Waals surface area contributed by atoms with Crippen molar-refractivity contribution in [2.24, 2.45) is 4.99 Å². The zero-order valence-electron chi connectivity index (χ0n) is 17.3. The van der Waals surface area contributed by atoms with Crippen LogP contribution in [0.4, 0.5) is 0 Å². The van der Waals surface area contributed by atoms with Crippen LogP contribution in [0, 0.1) is 0 Å². The lowest BCUT2D eigenvalue weighted by Gasteiger charge is -2.08. The lowest BCUT2D eigenvalue weighted by Crippen LogP contribution is -2.19. The van der Waals surface area contributed by atoms with Crippen molar-refractivity contribution in [1.82, 2.24) is 4.57 Å². The van der Waals surface area contributed by atoms with Crippen molar-refractivity contribution in [2.45, 2.75) is 6.54 Å². The Balaban J connectivity index is 1.65. The number of fused-ring (bicyclic) bond motifs is 1. The summed E-state index contributed by atoms with van der Waals surface area (Å²) in [6, 6.07) is 22.3. The van der Waals surface area contributed by atoms with Crippen molar-refractivity contribution in [2.75, 3.05) is 20.8 Å². The van der Waals surface area contributed by atoms with Crippen molar-refractivity contribution in [3.63, 3.8) is 0 Å². The van der Waals surface area contributed by atoms with Crippen LogP contribution in [0.2, 0.25) is 0 Å². The molecule has 0 saturated carbocycles. The topological polar surface area (TPSA) is 62.1 Å². The van der Waals surface area contributed by atoms with Gasteiger partial charge in [0.1, 0.15) is 22.8 Å². The van der Waals surface area contributed by atoms with Gasteiger partial charge in [-0.2, -0.15) is 4.99 Å². The minimum Gasteiger partial charge on any atom is -0.495 e. The average molecular weight is 435 g/mol. The van der Waals surface area contributed by atoms with Crippen LogP contribution in [0.15, 0.2) is 77.8 Å². The van der Waals surface area contributed by atoms with Crippen molar-refractivity contribution in [1.29, 1.82) is 0 Å². The lowest BCUT2D eigenvalue weighted by atomic mass is 10.2. The summed E-state index contributed by atoms with van der Waals surface area (Å²) in [5, 5.41) is 0. The third kappa shape index (κ3) is 4.68. The van der Waals surface area contributed by atoms with Crippen LogP contribution in [0.25, 0.3) is 10.2 Å². The maximum absolute atomic E-state index is 12.9. The first-order valence-corrected chi connectivity index (χ1v) is 10.6. The fourth-order valence-corrected chi connectivity index (χ4v) is 4.25. The Morgan fingerprint density at radius 2 is 1.68 bits per heavy atom. The number of methoxy groups -OCH3 is 2. The molecule has 0 saturated heterocycles. The number of carbonyl (C=O) groups is 1. The molecule has 6 nitrogen and oxygen atoms in total. The van der Waals surface area contributed by atoms with Crippen LogP contribution in [0.3, 0.4) is 0 Å². The lowest BCUT2D eigenvalue weighted by molar-refractivity contribution is 0.0997. The number of hydrogen-bond acceptors (Lipinski definition) is 5. The average Bonchev–Trinajstić information content (AvgIpc) is 3.15. The highest BCUT2D eigenvalue weighted by Gasteiger charge is 2.13. The molecule has 0 aliphatic carbocycles. The minimum atomic E-state index is -0.317. The van der Waals surface area contributed by atoms with Crippen LogP contribution in [0.5, 0.6) is 17.2 Å². The Bertz CT molecular complexity index is 1240. The molecule has 0 spiro atoms. The van der Waals surface area contributed by atoms with Gasteiger partial charge >= 0.3 is 0 Å². The van der Waals surface area contributed by atoms with Crippen LogP contribution >= 0.6 is 11.3 Å². The molecule has 158 valence electrons. The molecule has 0 unspecified atom stereocenters. The summed E-state index contributed by atoms with van der Waals surface area (Å²) in [5.74, 6) is 1.82. The number of thiazole rings is 1. The quantitative estimate of drug-likeness (QED) is 0.415. The van der Waals surface area contributed by atoms with Gasteiger partial charge in [-0.3, -0.25) is 4.79 Å². The summed E-state index contributed by atoms with van der Waals surface area (Å²) in [4.78, 5) is 17.9. The Morgan fingerprint density at radius 3 is 2.39 bits per heavy atom. The number of hydrogen-bond donors (Lipinski definition) is 0. The Morgan fingerprint density at radius 1 is 0.935 bits per heavy atom. The smallest absolute Gasteiger partial charge is 0.279 e. The standard InChI is InChI=1S/C24H22N2O4S/c1-28-16-15-26-22-20(29-2)9-6-10-21(22)31-24(26)25-23(27)17-11-13-19(14-12-17)30-18-7-4-3-5-8-18/h3-14H,15-16H2,1-2H3. The first-order valence-electron chi connectivity index (χ1n) is 9.77. The van der Waals surface area contributed by atoms with Gasteiger partial charge in [-0.1, -0.05) is 35.6 Å². The number of nitrogens with zero attached hydrogens (tertiary/aromatic N) is 2. The minimum absolute atomic E-state index is 0.317. The highest BCUT2D eigenvalue weighted by atomic mass is 32.1. The molecule has 0 fully saturated rings. The zero-order valence-corrected chi connectivity index (χ0v) is 18.1. The van der Waals surface area contributed by atoms with Gasteiger partial charge < -0.3 is 18.8 Å². The van der Waals surface area contributed by atoms with Gasteiger partial charge in [0.15, 0.2) is 4.80 Å². The van der Waals surface area contributed by atoms with E-state index in [1.807, 2.05) is 53.1 Å². The van der Waals surface area contributed by atoms with E-state index in [9.17, 15) is 4.79 Å². The summed E-state index contributed by atoms with van der Waals surface area (Å²) in [6.45, 7) is 1.06. The summed E-state index contributed by atoms with van der Waals surface area (Å²) >= 11 is 1.45. The molecule has 3 aromatic carbocycles. The first kappa shape index (κ1) is 20.8. The maximum atomic E-state index is 12.9. The maximum Gasteiger partial charge on any atom is 0.279 e. The predicted molar refractivity (Wildman–Crippen MR) is 121 cm³/mol. The van der Waals surface area contributed by atoms with E-state index in [0.29, 0.717) is 29.3 Å².